The predicted octanol–water partition coefficient (Wildman–Crippen LogP) is 3.13. The molecule has 0 bridgehead atoms. The maximum Gasteiger partial charge on any atom is 0.257 e. The van der Waals surface area contributed by atoms with Crippen molar-refractivity contribution in [3.05, 3.63) is 36.1 Å². The largest absolute Gasteiger partial charge is 0.463 e. The number of hydrogen-bond acceptors (Lipinski definition) is 2. The summed E-state index contributed by atoms with van der Waals surface area (Å²) in [5.74, 6) is 1.09. The molecule has 3 rings (SSSR count). The maximum atomic E-state index is 12.4. The molecule has 1 aromatic carbocycles. The molecule has 1 aliphatic heterocycles. The Morgan fingerprint density at radius 2 is 2.28 bits per heavy atom. The number of alkyl halides is 1. The van der Waals surface area contributed by atoms with Crippen LogP contribution in [0.4, 0.5) is 0 Å². The van der Waals surface area contributed by atoms with E-state index in [2.05, 4.69) is 0 Å². The van der Waals surface area contributed by atoms with Gasteiger partial charge in [0.05, 0.1) is 5.56 Å². The molecule has 3 nitrogen and oxygen atoms in total. The van der Waals surface area contributed by atoms with Crippen LogP contribution in [0.1, 0.15) is 16.8 Å². The third-order valence-electron chi connectivity index (χ3n) is 3.50. The number of furan rings is 1. The molecule has 94 valence electrons. The topological polar surface area (TPSA) is 33.5 Å². The molecule has 1 aromatic heterocycles. The predicted molar refractivity (Wildman–Crippen MR) is 70.9 cm³/mol. The van der Waals surface area contributed by atoms with Crippen LogP contribution in [0.5, 0.6) is 0 Å². The summed E-state index contributed by atoms with van der Waals surface area (Å²) in [4.78, 5) is 14.3. The molecule has 2 heterocycles. The molecule has 1 fully saturated rings. The van der Waals surface area contributed by atoms with E-state index in [1.807, 2.05) is 29.2 Å². The average Bonchev–Trinajstić information content (AvgIpc) is 3.04. The smallest absolute Gasteiger partial charge is 0.257 e. The molecule has 1 saturated heterocycles. The van der Waals surface area contributed by atoms with Crippen molar-refractivity contribution in [1.29, 1.82) is 0 Å². The lowest BCUT2D eigenvalue weighted by Gasteiger charge is -2.15. The van der Waals surface area contributed by atoms with Gasteiger partial charge in [-0.25, -0.2) is 0 Å². The highest BCUT2D eigenvalue weighted by molar-refractivity contribution is 6.18. The van der Waals surface area contributed by atoms with Crippen LogP contribution in [0.25, 0.3) is 11.0 Å². The van der Waals surface area contributed by atoms with Gasteiger partial charge in [0.2, 0.25) is 0 Å². The first-order chi connectivity index (χ1) is 8.79. The fourth-order valence-electron chi connectivity index (χ4n) is 2.46. The number of para-hydroxylation sites is 1. The van der Waals surface area contributed by atoms with Gasteiger partial charge in [0.1, 0.15) is 11.8 Å². The molecule has 1 atom stereocenters. The molecule has 18 heavy (non-hydrogen) atoms. The van der Waals surface area contributed by atoms with E-state index in [1.54, 1.807) is 6.26 Å². The number of carbonyl (C=O) groups excluding carboxylic acids is 1. The Labute approximate surface area is 110 Å². The SMILES string of the molecule is O=C(c1coc2ccccc12)N1CCC(CCl)C1. The number of halogens is 1. The van der Waals surface area contributed by atoms with Crippen LogP contribution in [0, 0.1) is 5.92 Å². The normalized spacial score (nSPS) is 19.6. The molecule has 1 amide bonds. The van der Waals surface area contributed by atoms with E-state index in [9.17, 15) is 4.79 Å². The lowest BCUT2D eigenvalue weighted by Crippen LogP contribution is -2.28. The van der Waals surface area contributed by atoms with Crippen molar-refractivity contribution in [1.82, 2.24) is 4.90 Å². The van der Waals surface area contributed by atoms with Gasteiger partial charge >= 0.3 is 0 Å². The Hall–Kier alpha value is -1.48. The zero-order valence-corrected chi connectivity index (χ0v) is 10.7. The van der Waals surface area contributed by atoms with Crippen molar-refractivity contribution in [3.63, 3.8) is 0 Å². The van der Waals surface area contributed by atoms with E-state index in [0.717, 1.165) is 30.5 Å². The molecule has 2 aromatic rings. The Bertz CT molecular complexity index is 578. The second-order valence-electron chi connectivity index (χ2n) is 4.71. The first-order valence-corrected chi connectivity index (χ1v) is 6.64. The number of hydrogen-bond donors (Lipinski definition) is 0. The molecule has 0 saturated carbocycles. The van der Waals surface area contributed by atoms with Gasteiger partial charge in [0.25, 0.3) is 5.91 Å². The number of likely N-dealkylation sites (tertiary alicyclic amines) is 1. The van der Waals surface area contributed by atoms with Crippen LogP contribution >= 0.6 is 11.6 Å². The van der Waals surface area contributed by atoms with Gasteiger partial charge in [0, 0.05) is 24.4 Å². The van der Waals surface area contributed by atoms with Crippen LogP contribution in [0.3, 0.4) is 0 Å². The Morgan fingerprint density at radius 1 is 1.44 bits per heavy atom. The first-order valence-electron chi connectivity index (χ1n) is 6.11. The fourth-order valence-corrected chi connectivity index (χ4v) is 2.71. The zero-order valence-electron chi connectivity index (χ0n) is 9.93. The van der Waals surface area contributed by atoms with Crippen molar-refractivity contribution >= 4 is 28.5 Å². The van der Waals surface area contributed by atoms with Crippen molar-refractivity contribution in [3.8, 4) is 0 Å². The minimum atomic E-state index is 0.0487. The molecule has 1 unspecified atom stereocenters. The van der Waals surface area contributed by atoms with Crippen LogP contribution in [0.2, 0.25) is 0 Å². The lowest BCUT2D eigenvalue weighted by molar-refractivity contribution is 0.0789. The second kappa shape index (κ2) is 4.65. The van der Waals surface area contributed by atoms with Crippen LogP contribution in [0.15, 0.2) is 34.9 Å². The monoisotopic (exact) mass is 263 g/mol. The Morgan fingerprint density at radius 3 is 3.06 bits per heavy atom. The lowest BCUT2D eigenvalue weighted by atomic mass is 10.1. The summed E-state index contributed by atoms with van der Waals surface area (Å²) >= 11 is 5.84. The standard InChI is InChI=1S/C14H14ClNO2/c15-7-10-5-6-16(8-10)14(17)12-9-18-13-4-2-1-3-11(12)13/h1-4,9-10H,5-8H2. The van der Waals surface area contributed by atoms with E-state index in [1.165, 1.54) is 0 Å². The summed E-state index contributed by atoms with van der Waals surface area (Å²) in [6, 6.07) is 7.61. The molecule has 0 aliphatic carbocycles. The molecular formula is C14H14ClNO2. The minimum absolute atomic E-state index is 0.0487. The summed E-state index contributed by atoms with van der Waals surface area (Å²) in [5, 5.41) is 0.886. The van der Waals surface area contributed by atoms with Gasteiger partial charge in [-0.2, -0.15) is 0 Å². The highest BCUT2D eigenvalue weighted by Gasteiger charge is 2.27. The third-order valence-corrected chi connectivity index (χ3v) is 3.94. The van der Waals surface area contributed by atoms with Gasteiger partial charge in [0.15, 0.2) is 0 Å². The summed E-state index contributed by atoms with van der Waals surface area (Å²) in [6.45, 7) is 1.54. The molecule has 0 radical (unpaired) electrons. The quantitative estimate of drug-likeness (QED) is 0.780. The molecule has 0 N–H and O–H groups in total. The van der Waals surface area contributed by atoms with Gasteiger partial charge in [-0.15, -0.1) is 11.6 Å². The summed E-state index contributed by atoms with van der Waals surface area (Å²) < 4.78 is 5.41. The van der Waals surface area contributed by atoms with Gasteiger partial charge in [-0.05, 0) is 18.4 Å². The number of fused-ring (bicyclic) bond motifs is 1. The van der Waals surface area contributed by atoms with E-state index < -0.39 is 0 Å². The maximum absolute atomic E-state index is 12.4. The van der Waals surface area contributed by atoms with Gasteiger partial charge < -0.3 is 9.32 Å². The highest BCUT2D eigenvalue weighted by Crippen LogP contribution is 2.25. The molecule has 0 spiro atoms. The van der Waals surface area contributed by atoms with Crippen molar-refractivity contribution < 1.29 is 9.21 Å². The zero-order chi connectivity index (χ0) is 12.5. The molecule has 1 aliphatic rings. The summed E-state index contributed by atoms with van der Waals surface area (Å²) in [6.07, 6.45) is 2.55. The second-order valence-corrected chi connectivity index (χ2v) is 5.01. The number of amides is 1. The summed E-state index contributed by atoms with van der Waals surface area (Å²) in [5.41, 5.74) is 1.41. The minimum Gasteiger partial charge on any atom is -0.463 e. The van der Waals surface area contributed by atoms with Crippen molar-refractivity contribution in [2.24, 2.45) is 5.92 Å². The summed E-state index contributed by atoms with van der Waals surface area (Å²) in [7, 11) is 0. The fraction of sp³-hybridized carbons (Fsp3) is 0.357. The van der Waals surface area contributed by atoms with Crippen LogP contribution in [-0.4, -0.2) is 29.8 Å². The Kier molecular flexibility index (Phi) is 3.00. The number of rotatable bonds is 2. The van der Waals surface area contributed by atoms with Crippen molar-refractivity contribution in [2.75, 3.05) is 19.0 Å². The Balaban J connectivity index is 1.89. The van der Waals surface area contributed by atoms with E-state index >= 15 is 0 Å². The number of carbonyl (C=O) groups is 1. The first kappa shape index (κ1) is 11.6. The third kappa shape index (κ3) is 1.89. The van der Waals surface area contributed by atoms with Crippen LogP contribution in [-0.2, 0) is 0 Å². The van der Waals surface area contributed by atoms with E-state index in [4.69, 9.17) is 16.0 Å². The van der Waals surface area contributed by atoms with Gasteiger partial charge in [-0.1, -0.05) is 18.2 Å². The average molecular weight is 264 g/mol. The van der Waals surface area contributed by atoms with E-state index in [-0.39, 0.29) is 5.91 Å². The molecular weight excluding hydrogens is 250 g/mol. The van der Waals surface area contributed by atoms with Crippen molar-refractivity contribution in [2.45, 2.75) is 6.42 Å². The van der Waals surface area contributed by atoms with Crippen LogP contribution < -0.4 is 0 Å². The molecule has 4 heteroatoms. The number of nitrogens with zero attached hydrogens (tertiary/aromatic N) is 1. The van der Waals surface area contributed by atoms with Gasteiger partial charge in [-0.3, -0.25) is 4.79 Å². The van der Waals surface area contributed by atoms with E-state index in [0.29, 0.717) is 17.4 Å². The number of benzene rings is 1. The highest BCUT2D eigenvalue weighted by atomic mass is 35.5.